The van der Waals surface area contributed by atoms with Crippen LogP contribution in [0.1, 0.15) is 39.0 Å². The number of aliphatic hydroxyl groups excluding tert-OH is 1. The van der Waals surface area contributed by atoms with Gasteiger partial charge in [0.1, 0.15) is 0 Å². The van der Waals surface area contributed by atoms with E-state index in [-0.39, 0.29) is 5.60 Å². The Kier molecular flexibility index (Phi) is 6.21. The Labute approximate surface area is 130 Å². The molecule has 0 heterocycles. The molecule has 0 aromatic heterocycles. The summed E-state index contributed by atoms with van der Waals surface area (Å²) >= 11 is 7.63. The average Bonchev–Trinajstić information content (AvgIpc) is 2.46. The summed E-state index contributed by atoms with van der Waals surface area (Å²) in [4.78, 5) is 1.10. The predicted molar refractivity (Wildman–Crippen MR) is 85.6 cm³/mol. The van der Waals surface area contributed by atoms with Gasteiger partial charge in [0.15, 0.2) is 0 Å². The van der Waals surface area contributed by atoms with Crippen molar-refractivity contribution in [2.24, 2.45) is 0 Å². The zero-order valence-corrected chi connectivity index (χ0v) is 13.6. The summed E-state index contributed by atoms with van der Waals surface area (Å²) in [6.07, 6.45) is 5.07. The topological polar surface area (TPSA) is 29.5 Å². The van der Waals surface area contributed by atoms with E-state index in [0.29, 0.717) is 12.4 Å². The summed E-state index contributed by atoms with van der Waals surface area (Å²) < 4.78 is 5.95. The number of aliphatic hydroxyl groups is 1. The van der Waals surface area contributed by atoms with Crippen LogP contribution in [-0.2, 0) is 4.74 Å². The molecule has 0 radical (unpaired) electrons. The Bertz CT molecular complexity index is 413. The van der Waals surface area contributed by atoms with Crippen molar-refractivity contribution >= 4 is 23.4 Å². The summed E-state index contributed by atoms with van der Waals surface area (Å²) in [6.45, 7) is 2.67. The largest absolute Gasteiger partial charge is 0.389 e. The van der Waals surface area contributed by atoms with Crippen molar-refractivity contribution < 1.29 is 9.84 Å². The highest BCUT2D eigenvalue weighted by Gasteiger charge is 2.39. The fourth-order valence-corrected chi connectivity index (χ4v) is 4.19. The molecule has 1 aliphatic carbocycles. The molecule has 1 aromatic rings. The molecule has 2 nitrogen and oxygen atoms in total. The maximum atomic E-state index is 10.6. The van der Waals surface area contributed by atoms with Crippen molar-refractivity contribution in [1.82, 2.24) is 0 Å². The van der Waals surface area contributed by atoms with Gasteiger partial charge in [-0.3, -0.25) is 0 Å². The van der Waals surface area contributed by atoms with Gasteiger partial charge in [-0.05, 0) is 38.0 Å². The molecule has 4 heteroatoms. The van der Waals surface area contributed by atoms with Crippen LogP contribution in [0.5, 0.6) is 0 Å². The van der Waals surface area contributed by atoms with E-state index < -0.39 is 6.10 Å². The highest BCUT2D eigenvalue weighted by atomic mass is 35.5. The van der Waals surface area contributed by atoms with Crippen molar-refractivity contribution in [1.29, 1.82) is 0 Å². The molecule has 1 N–H and O–H groups in total. The van der Waals surface area contributed by atoms with Crippen molar-refractivity contribution in [2.75, 3.05) is 12.4 Å². The molecule has 1 aliphatic rings. The number of hydrogen-bond acceptors (Lipinski definition) is 3. The molecular weight excluding hydrogens is 292 g/mol. The zero-order chi connectivity index (χ0) is 14.4. The molecule has 1 saturated carbocycles. The third kappa shape index (κ3) is 4.14. The molecule has 1 unspecified atom stereocenters. The monoisotopic (exact) mass is 314 g/mol. The molecule has 0 bridgehead atoms. The predicted octanol–water partition coefficient (Wildman–Crippen LogP) is 4.53. The van der Waals surface area contributed by atoms with Crippen molar-refractivity contribution in [3.8, 4) is 0 Å². The molecule has 0 aliphatic heterocycles. The lowest BCUT2D eigenvalue weighted by molar-refractivity contribution is -0.131. The number of halogens is 1. The molecule has 0 saturated heterocycles. The average molecular weight is 315 g/mol. The molecule has 112 valence electrons. The van der Waals surface area contributed by atoms with Crippen molar-refractivity contribution in [2.45, 2.75) is 55.6 Å². The minimum atomic E-state index is -0.424. The van der Waals surface area contributed by atoms with Crippen LogP contribution in [0, 0.1) is 0 Å². The number of thioether (sulfide) groups is 1. The zero-order valence-electron chi connectivity index (χ0n) is 12.0. The maximum absolute atomic E-state index is 10.6. The molecular formula is C16H23ClO2S. The number of benzene rings is 1. The quantitative estimate of drug-likeness (QED) is 0.782. The summed E-state index contributed by atoms with van der Waals surface area (Å²) in [5.74, 6) is 0.653. The second-order valence-corrected chi connectivity index (χ2v) is 6.87. The summed E-state index contributed by atoms with van der Waals surface area (Å²) in [7, 11) is 0. The third-order valence-corrected chi connectivity index (χ3v) is 5.25. The lowest BCUT2D eigenvalue weighted by Gasteiger charge is -2.40. The number of rotatable bonds is 6. The van der Waals surface area contributed by atoms with Crippen LogP contribution in [0.3, 0.4) is 0 Å². The van der Waals surface area contributed by atoms with Crippen LogP contribution >= 0.6 is 23.4 Å². The highest BCUT2D eigenvalue weighted by Crippen LogP contribution is 2.36. The fraction of sp³-hybridized carbons (Fsp3) is 0.625. The van der Waals surface area contributed by atoms with E-state index in [9.17, 15) is 5.11 Å². The molecule has 20 heavy (non-hydrogen) atoms. The molecule has 1 aromatic carbocycles. The standard InChI is InChI=1S/C16H23ClO2S/c1-2-19-16(9-4-3-5-10-16)15(18)12-20-14-8-6-7-13(17)11-14/h6-8,11,15,18H,2-5,9-10,12H2,1H3. The van der Waals surface area contributed by atoms with Crippen LogP contribution in [0.4, 0.5) is 0 Å². The van der Waals surface area contributed by atoms with Gasteiger partial charge >= 0.3 is 0 Å². The van der Waals surface area contributed by atoms with Gasteiger partial charge in [0.25, 0.3) is 0 Å². The van der Waals surface area contributed by atoms with E-state index in [4.69, 9.17) is 16.3 Å². The van der Waals surface area contributed by atoms with Gasteiger partial charge in [0, 0.05) is 22.3 Å². The first-order valence-electron chi connectivity index (χ1n) is 7.37. The summed E-state index contributed by atoms with van der Waals surface area (Å²) in [5, 5.41) is 11.3. The Hall–Kier alpha value is -0.220. The van der Waals surface area contributed by atoms with E-state index in [2.05, 4.69) is 0 Å². The maximum Gasteiger partial charge on any atom is 0.0948 e. The molecule has 0 amide bonds. The van der Waals surface area contributed by atoms with Crippen molar-refractivity contribution in [3.05, 3.63) is 29.3 Å². The second kappa shape index (κ2) is 7.69. The highest BCUT2D eigenvalue weighted by molar-refractivity contribution is 7.99. The Morgan fingerprint density at radius 3 is 2.75 bits per heavy atom. The third-order valence-electron chi connectivity index (χ3n) is 3.94. The molecule has 0 spiro atoms. The van der Waals surface area contributed by atoms with Gasteiger partial charge in [-0.2, -0.15) is 0 Å². The molecule has 1 fully saturated rings. The van der Waals surface area contributed by atoms with Crippen molar-refractivity contribution in [3.63, 3.8) is 0 Å². The van der Waals surface area contributed by atoms with Crippen LogP contribution in [-0.4, -0.2) is 29.2 Å². The normalized spacial score (nSPS) is 19.8. The lowest BCUT2D eigenvalue weighted by atomic mass is 9.81. The minimum Gasteiger partial charge on any atom is -0.389 e. The van der Waals surface area contributed by atoms with E-state index in [1.54, 1.807) is 11.8 Å². The van der Waals surface area contributed by atoms with E-state index in [1.165, 1.54) is 6.42 Å². The fourth-order valence-electron chi connectivity index (χ4n) is 2.90. The van der Waals surface area contributed by atoms with Crippen LogP contribution in [0.15, 0.2) is 29.2 Å². The van der Waals surface area contributed by atoms with E-state index in [0.717, 1.165) is 35.6 Å². The minimum absolute atomic E-state index is 0.335. The second-order valence-electron chi connectivity index (χ2n) is 5.34. The van der Waals surface area contributed by atoms with E-state index in [1.807, 2.05) is 31.2 Å². The Balaban J connectivity index is 1.96. The lowest BCUT2D eigenvalue weighted by Crippen LogP contribution is -2.47. The van der Waals surface area contributed by atoms with Crippen LogP contribution in [0.25, 0.3) is 0 Å². The first kappa shape index (κ1) is 16.2. The first-order valence-corrected chi connectivity index (χ1v) is 8.73. The van der Waals surface area contributed by atoms with Crippen LogP contribution < -0.4 is 0 Å². The summed E-state index contributed by atoms with van der Waals surface area (Å²) in [6, 6.07) is 7.77. The van der Waals surface area contributed by atoms with Gasteiger partial charge in [0.05, 0.1) is 11.7 Å². The first-order chi connectivity index (χ1) is 9.66. The summed E-state index contributed by atoms with van der Waals surface area (Å²) in [5.41, 5.74) is -0.335. The van der Waals surface area contributed by atoms with E-state index >= 15 is 0 Å². The van der Waals surface area contributed by atoms with Gasteiger partial charge < -0.3 is 9.84 Å². The van der Waals surface area contributed by atoms with Gasteiger partial charge in [-0.25, -0.2) is 0 Å². The van der Waals surface area contributed by atoms with Gasteiger partial charge in [0.2, 0.25) is 0 Å². The Morgan fingerprint density at radius 1 is 1.35 bits per heavy atom. The molecule has 1 atom stereocenters. The SMILES string of the molecule is CCOC1(C(O)CSc2cccc(Cl)c2)CCCCC1. The van der Waals surface area contributed by atoms with Crippen LogP contribution in [0.2, 0.25) is 5.02 Å². The number of ether oxygens (including phenoxy) is 1. The number of hydrogen-bond donors (Lipinski definition) is 1. The smallest absolute Gasteiger partial charge is 0.0948 e. The van der Waals surface area contributed by atoms with Gasteiger partial charge in [-0.1, -0.05) is 36.9 Å². The molecule has 2 rings (SSSR count). The Morgan fingerprint density at radius 2 is 2.10 bits per heavy atom. The van der Waals surface area contributed by atoms with Gasteiger partial charge in [-0.15, -0.1) is 11.8 Å².